The minimum atomic E-state index is 0.193. The standard InChI is InChI=1S/C16H18N4O/c1-18-12-3-5-13(6-4-12)21-16-14-8-11(9-17)2-7-15(14)19-10-20-16/h2,7-8,10,12-13,18H,3-6H2,1H3. The minimum Gasteiger partial charge on any atom is -0.474 e. The van der Waals surface area contributed by atoms with Gasteiger partial charge in [-0.15, -0.1) is 0 Å². The van der Waals surface area contributed by atoms with Crippen LogP contribution in [0.15, 0.2) is 24.5 Å². The van der Waals surface area contributed by atoms with Crippen LogP contribution < -0.4 is 10.1 Å². The van der Waals surface area contributed by atoms with Gasteiger partial charge in [0.2, 0.25) is 5.88 Å². The topological polar surface area (TPSA) is 70.8 Å². The summed E-state index contributed by atoms with van der Waals surface area (Å²) in [5.41, 5.74) is 1.41. The molecular weight excluding hydrogens is 264 g/mol. The van der Waals surface area contributed by atoms with Crippen LogP contribution in [0.2, 0.25) is 0 Å². The molecule has 0 saturated heterocycles. The Bertz CT molecular complexity index is 672. The molecule has 0 spiro atoms. The largest absolute Gasteiger partial charge is 0.474 e. The van der Waals surface area contributed by atoms with Gasteiger partial charge in [-0.2, -0.15) is 5.26 Å². The summed E-state index contributed by atoms with van der Waals surface area (Å²) in [7, 11) is 2.01. The van der Waals surface area contributed by atoms with Crippen molar-refractivity contribution in [1.29, 1.82) is 5.26 Å². The van der Waals surface area contributed by atoms with E-state index in [1.165, 1.54) is 6.33 Å². The Morgan fingerprint density at radius 2 is 2.05 bits per heavy atom. The van der Waals surface area contributed by atoms with E-state index in [0.29, 0.717) is 17.5 Å². The molecule has 1 aromatic carbocycles. The molecule has 1 aromatic heterocycles. The van der Waals surface area contributed by atoms with E-state index < -0.39 is 0 Å². The molecule has 3 rings (SSSR count). The molecule has 1 N–H and O–H groups in total. The van der Waals surface area contributed by atoms with Gasteiger partial charge in [-0.05, 0) is 50.9 Å². The predicted octanol–water partition coefficient (Wildman–Crippen LogP) is 2.41. The van der Waals surface area contributed by atoms with Crippen molar-refractivity contribution >= 4 is 10.9 Å². The lowest BCUT2D eigenvalue weighted by Crippen LogP contribution is -2.34. The van der Waals surface area contributed by atoms with Gasteiger partial charge in [0.1, 0.15) is 12.4 Å². The van der Waals surface area contributed by atoms with E-state index >= 15 is 0 Å². The second-order valence-corrected chi connectivity index (χ2v) is 5.40. The summed E-state index contributed by atoms with van der Waals surface area (Å²) in [6.07, 6.45) is 5.99. The summed E-state index contributed by atoms with van der Waals surface area (Å²) in [6.45, 7) is 0. The van der Waals surface area contributed by atoms with Crippen LogP contribution in [0.5, 0.6) is 5.88 Å². The van der Waals surface area contributed by atoms with Crippen LogP contribution in [0.3, 0.4) is 0 Å². The van der Waals surface area contributed by atoms with Crippen LogP contribution in [0, 0.1) is 11.3 Å². The van der Waals surface area contributed by atoms with Crippen molar-refractivity contribution in [3.8, 4) is 11.9 Å². The molecule has 0 unspecified atom stereocenters. The quantitative estimate of drug-likeness (QED) is 0.936. The Morgan fingerprint density at radius 1 is 1.24 bits per heavy atom. The Morgan fingerprint density at radius 3 is 2.76 bits per heavy atom. The van der Waals surface area contributed by atoms with Gasteiger partial charge in [0.15, 0.2) is 0 Å². The van der Waals surface area contributed by atoms with Gasteiger partial charge in [0.25, 0.3) is 0 Å². The number of benzene rings is 1. The fourth-order valence-corrected chi connectivity index (χ4v) is 2.82. The number of fused-ring (bicyclic) bond motifs is 1. The van der Waals surface area contributed by atoms with E-state index in [-0.39, 0.29) is 6.10 Å². The average Bonchev–Trinajstić information content (AvgIpc) is 2.55. The summed E-state index contributed by atoms with van der Waals surface area (Å²) in [6, 6.07) is 8.13. The maximum absolute atomic E-state index is 9.03. The highest BCUT2D eigenvalue weighted by molar-refractivity contribution is 5.84. The van der Waals surface area contributed by atoms with Crippen LogP contribution in [0.4, 0.5) is 0 Å². The Hall–Kier alpha value is -2.19. The SMILES string of the molecule is CNC1CCC(Oc2ncnc3ccc(C#N)cc23)CC1. The summed E-state index contributed by atoms with van der Waals surface area (Å²) in [4.78, 5) is 8.48. The first-order valence-electron chi connectivity index (χ1n) is 7.29. The van der Waals surface area contributed by atoms with Gasteiger partial charge in [-0.25, -0.2) is 9.97 Å². The summed E-state index contributed by atoms with van der Waals surface area (Å²) in [5.74, 6) is 0.588. The van der Waals surface area contributed by atoms with Gasteiger partial charge >= 0.3 is 0 Å². The molecule has 0 bridgehead atoms. The van der Waals surface area contributed by atoms with Crippen LogP contribution in [0.1, 0.15) is 31.2 Å². The Labute approximate surface area is 124 Å². The number of hydrogen-bond donors (Lipinski definition) is 1. The molecule has 0 amide bonds. The number of hydrogen-bond acceptors (Lipinski definition) is 5. The summed E-state index contributed by atoms with van der Waals surface area (Å²) >= 11 is 0. The number of nitriles is 1. The van der Waals surface area contributed by atoms with Gasteiger partial charge in [-0.3, -0.25) is 0 Å². The highest BCUT2D eigenvalue weighted by Gasteiger charge is 2.22. The lowest BCUT2D eigenvalue weighted by Gasteiger charge is -2.28. The average molecular weight is 282 g/mol. The second-order valence-electron chi connectivity index (χ2n) is 5.40. The number of nitrogens with one attached hydrogen (secondary N) is 1. The van der Waals surface area contributed by atoms with Crippen molar-refractivity contribution in [3.63, 3.8) is 0 Å². The van der Waals surface area contributed by atoms with Crippen molar-refractivity contribution in [2.24, 2.45) is 0 Å². The summed E-state index contributed by atoms with van der Waals surface area (Å²) < 4.78 is 6.07. The van der Waals surface area contributed by atoms with E-state index in [9.17, 15) is 0 Å². The molecule has 108 valence electrons. The molecule has 1 heterocycles. The molecule has 1 fully saturated rings. The number of ether oxygens (including phenoxy) is 1. The molecule has 0 aliphatic heterocycles. The zero-order chi connectivity index (χ0) is 14.7. The van der Waals surface area contributed by atoms with Gasteiger partial charge in [-0.1, -0.05) is 0 Å². The molecule has 5 nitrogen and oxygen atoms in total. The molecule has 1 saturated carbocycles. The van der Waals surface area contributed by atoms with Crippen LogP contribution in [-0.2, 0) is 0 Å². The van der Waals surface area contributed by atoms with Crippen molar-refractivity contribution in [2.75, 3.05) is 7.05 Å². The van der Waals surface area contributed by atoms with Gasteiger partial charge in [0, 0.05) is 6.04 Å². The van der Waals surface area contributed by atoms with Crippen LogP contribution in [-0.4, -0.2) is 29.2 Å². The van der Waals surface area contributed by atoms with Crippen molar-refractivity contribution in [1.82, 2.24) is 15.3 Å². The third-order valence-electron chi connectivity index (χ3n) is 4.09. The van der Waals surface area contributed by atoms with Gasteiger partial charge < -0.3 is 10.1 Å². The van der Waals surface area contributed by atoms with Crippen molar-refractivity contribution < 1.29 is 4.74 Å². The zero-order valence-corrected chi connectivity index (χ0v) is 12.0. The first-order chi connectivity index (χ1) is 10.3. The number of aromatic nitrogens is 2. The zero-order valence-electron chi connectivity index (χ0n) is 12.0. The lowest BCUT2D eigenvalue weighted by molar-refractivity contribution is 0.138. The third-order valence-corrected chi connectivity index (χ3v) is 4.09. The van der Waals surface area contributed by atoms with Crippen LogP contribution >= 0.6 is 0 Å². The molecule has 0 radical (unpaired) electrons. The molecule has 1 aliphatic rings. The first kappa shape index (κ1) is 13.8. The van der Waals surface area contributed by atoms with E-state index in [2.05, 4.69) is 21.4 Å². The van der Waals surface area contributed by atoms with E-state index in [4.69, 9.17) is 10.00 Å². The Kier molecular flexibility index (Phi) is 3.98. The first-order valence-corrected chi connectivity index (χ1v) is 7.29. The molecular formula is C16H18N4O. The van der Waals surface area contributed by atoms with Gasteiger partial charge in [0.05, 0.1) is 22.5 Å². The second kappa shape index (κ2) is 6.06. The monoisotopic (exact) mass is 282 g/mol. The van der Waals surface area contributed by atoms with E-state index in [1.807, 2.05) is 13.1 Å². The van der Waals surface area contributed by atoms with Crippen LogP contribution in [0.25, 0.3) is 10.9 Å². The molecule has 2 aromatic rings. The maximum atomic E-state index is 9.03. The molecule has 21 heavy (non-hydrogen) atoms. The minimum absolute atomic E-state index is 0.193. The highest BCUT2D eigenvalue weighted by atomic mass is 16.5. The van der Waals surface area contributed by atoms with Crippen molar-refractivity contribution in [3.05, 3.63) is 30.1 Å². The normalized spacial score (nSPS) is 21.9. The maximum Gasteiger partial charge on any atom is 0.224 e. The van der Waals surface area contributed by atoms with Crippen molar-refractivity contribution in [2.45, 2.75) is 37.8 Å². The highest BCUT2D eigenvalue weighted by Crippen LogP contribution is 2.27. The third kappa shape index (κ3) is 2.96. The Balaban J connectivity index is 1.82. The number of nitrogens with zero attached hydrogens (tertiary/aromatic N) is 3. The molecule has 5 heteroatoms. The predicted molar refractivity (Wildman–Crippen MR) is 80.0 cm³/mol. The fourth-order valence-electron chi connectivity index (χ4n) is 2.82. The molecule has 1 aliphatic carbocycles. The van der Waals surface area contributed by atoms with E-state index in [0.717, 1.165) is 36.6 Å². The fraction of sp³-hybridized carbons (Fsp3) is 0.438. The lowest BCUT2D eigenvalue weighted by atomic mass is 9.93. The molecule has 0 atom stereocenters. The summed E-state index contributed by atoms with van der Waals surface area (Å²) in [5, 5.41) is 13.2. The number of rotatable bonds is 3. The van der Waals surface area contributed by atoms with E-state index in [1.54, 1.807) is 12.1 Å². The smallest absolute Gasteiger partial charge is 0.224 e.